The molecule has 0 heterocycles. The Morgan fingerprint density at radius 1 is 0.310 bits per heavy atom. The highest BCUT2D eigenvalue weighted by Gasteiger charge is 2.39. The fraction of sp³-hybridized carbons (Fsp3) is 0.158. The summed E-state index contributed by atoms with van der Waals surface area (Å²) in [6, 6.07) is 66.1. The van der Waals surface area contributed by atoms with E-state index in [0.717, 1.165) is 17.1 Å². The second-order valence-electron chi connectivity index (χ2n) is 18.1. The summed E-state index contributed by atoms with van der Waals surface area (Å²) in [5, 5.41) is 0. The lowest BCUT2D eigenvalue weighted by molar-refractivity contribution is 0.660. The smallest absolute Gasteiger partial charge is 0.0540 e. The van der Waals surface area contributed by atoms with E-state index in [2.05, 4.69) is 222 Å². The number of anilines is 3. The molecule has 0 radical (unpaired) electrons. The highest BCUT2D eigenvalue weighted by molar-refractivity contribution is 5.99. The average Bonchev–Trinajstić information content (AvgIpc) is 3.74. The van der Waals surface area contributed by atoms with Gasteiger partial charge in [-0.3, -0.25) is 0 Å². The van der Waals surface area contributed by atoms with Crippen LogP contribution in [0.4, 0.5) is 17.1 Å². The van der Waals surface area contributed by atoms with Crippen LogP contribution < -0.4 is 4.90 Å². The van der Waals surface area contributed by atoms with Crippen LogP contribution in [-0.4, -0.2) is 0 Å². The van der Waals surface area contributed by atoms with Gasteiger partial charge in [-0.15, -0.1) is 0 Å². The first-order valence-corrected chi connectivity index (χ1v) is 20.8. The summed E-state index contributed by atoms with van der Waals surface area (Å²) < 4.78 is 0. The molecular weight excluding hydrogens is 699 g/mol. The number of hydrogen-bond donors (Lipinski definition) is 0. The van der Waals surface area contributed by atoms with Crippen molar-refractivity contribution in [2.75, 3.05) is 4.90 Å². The zero-order valence-corrected chi connectivity index (χ0v) is 34.2. The van der Waals surface area contributed by atoms with Gasteiger partial charge < -0.3 is 4.90 Å². The molecule has 0 fully saturated rings. The molecule has 0 unspecified atom stereocenters. The number of hydrogen-bond acceptors (Lipinski definition) is 1. The minimum Gasteiger partial charge on any atom is -0.310 e. The summed E-state index contributed by atoms with van der Waals surface area (Å²) in [6.45, 7) is 14.2. The summed E-state index contributed by atoms with van der Waals surface area (Å²) in [7, 11) is 0. The van der Waals surface area contributed by atoms with Gasteiger partial charge in [-0.05, 0) is 114 Å². The molecule has 0 amide bonds. The van der Waals surface area contributed by atoms with E-state index >= 15 is 0 Å². The molecule has 0 N–H and O–H groups in total. The SMILES string of the molecule is CC1(C)c2ccccc2-c2cc(N(c3ccc(-c4cccc5c4C(C)(C)c4ccccc4-5)cc3)c3ccccc3-c3cccc4c3-c3ccccc3C4(C)C)ccc21. The third-order valence-corrected chi connectivity index (χ3v) is 13.9. The largest absolute Gasteiger partial charge is 0.310 e. The maximum absolute atomic E-state index is 2.49. The summed E-state index contributed by atoms with van der Waals surface area (Å²) in [5.74, 6) is 0. The first kappa shape index (κ1) is 34.8. The molecule has 11 rings (SSSR count). The fourth-order valence-electron chi connectivity index (χ4n) is 11.0. The summed E-state index contributed by atoms with van der Waals surface area (Å²) >= 11 is 0. The molecule has 0 aromatic heterocycles. The van der Waals surface area contributed by atoms with E-state index in [4.69, 9.17) is 0 Å². The highest BCUT2D eigenvalue weighted by atomic mass is 15.1. The molecule has 0 aliphatic heterocycles. The van der Waals surface area contributed by atoms with E-state index in [1.807, 2.05) is 0 Å². The lowest BCUT2D eigenvalue weighted by atomic mass is 9.79. The van der Waals surface area contributed by atoms with E-state index in [1.165, 1.54) is 89.0 Å². The van der Waals surface area contributed by atoms with E-state index in [1.54, 1.807) is 0 Å². The number of benzene rings is 8. The molecule has 8 aromatic carbocycles. The van der Waals surface area contributed by atoms with Gasteiger partial charge in [0.2, 0.25) is 0 Å². The zero-order valence-electron chi connectivity index (χ0n) is 34.2. The Labute approximate surface area is 343 Å². The Hall–Kier alpha value is -6.44. The molecule has 0 bridgehead atoms. The van der Waals surface area contributed by atoms with Crippen LogP contribution in [0.3, 0.4) is 0 Å². The standard InChI is InChI=1S/C57H47N/c1-55(2)47-24-11-8-18-41(47)46-35-38(33-34-50(46)55)58(37-31-29-36(30-32-37)39-21-15-23-44-40-17-7-12-25-48(40)57(5,6)54(39)44)52-28-14-10-19-42(52)43-22-16-27-51-53(43)45-20-9-13-26-49(45)56(51,3)4/h7-35H,1-6H3. The van der Waals surface area contributed by atoms with Crippen molar-refractivity contribution in [1.82, 2.24) is 0 Å². The van der Waals surface area contributed by atoms with Crippen molar-refractivity contribution in [3.05, 3.63) is 209 Å². The quantitative estimate of drug-likeness (QED) is 0.170. The monoisotopic (exact) mass is 745 g/mol. The van der Waals surface area contributed by atoms with Crippen LogP contribution in [-0.2, 0) is 16.2 Å². The van der Waals surface area contributed by atoms with Crippen LogP contribution in [0.1, 0.15) is 74.9 Å². The van der Waals surface area contributed by atoms with Gasteiger partial charge in [0.15, 0.2) is 0 Å². The molecule has 0 atom stereocenters. The van der Waals surface area contributed by atoms with Gasteiger partial charge in [0, 0.05) is 33.2 Å². The summed E-state index contributed by atoms with van der Waals surface area (Å²) in [6.07, 6.45) is 0. The van der Waals surface area contributed by atoms with Gasteiger partial charge in [-0.25, -0.2) is 0 Å². The molecule has 0 spiro atoms. The lowest BCUT2D eigenvalue weighted by Gasteiger charge is -2.30. The molecule has 1 heteroatoms. The molecule has 280 valence electrons. The fourth-order valence-corrected chi connectivity index (χ4v) is 11.0. The van der Waals surface area contributed by atoms with Crippen LogP contribution in [0.5, 0.6) is 0 Å². The minimum absolute atomic E-state index is 0.0665. The van der Waals surface area contributed by atoms with Gasteiger partial charge in [0.05, 0.1) is 5.69 Å². The minimum atomic E-state index is -0.0935. The Balaban J connectivity index is 1.11. The number of fused-ring (bicyclic) bond motifs is 9. The van der Waals surface area contributed by atoms with Crippen molar-refractivity contribution >= 4 is 17.1 Å². The average molecular weight is 746 g/mol. The zero-order chi connectivity index (χ0) is 39.6. The van der Waals surface area contributed by atoms with Gasteiger partial charge in [0.25, 0.3) is 0 Å². The topological polar surface area (TPSA) is 3.24 Å². The summed E-state index contributed by atoms with van der Waals surface area (Å²) in [4.78, 5) is 2.49. The third-order valence-electron chi connectivity index (χ3n) is 13.9. The normalized spacial score (nSPS) is 15.5. The Morgan fingerprint density at radius 2 is 0.776 bits per heavy atom. The van der Waals surface area contributed by atoms with Gasteiger partial charge in [-0.1, -0.05) is 187 Å². The van der Waals surface area contributed by atoms with E-state index < -0.39 is 0 Å². The number of nitrogens with zero attached hydrogens (tertiary/aromatic N) is 1. The lowest BCUT2D eigenvalue weighted by Crippen LogP contribution is -2.16. The first-order chi connectivity index (χ1) is 28.1. The predicted octanol–water partition coefficient (Wildman–Crippen LogP) is 15.4. The Bertz CT molecular complexity index is 2970. The third kappa shape index (κ3) is 4.77. The van der Waals surface area contributed by atoms with Crippen molar-refractivity contribution in [3.63, 3.8) is 0 Å². The van der Waals surface area contributed by atoms with Crippen LogP contribution in [0, 0.1) is 0 Å². The molecular formula is C57H47N. The Morgan fingerprint density at radius 3 is 1.50 bits per heavy atom. The second-order valence-corrected chi connectivity index (χ2v) is 18.1. The maximum Gasteiger partial charge on any atom is 0.0540 e. The van der Waals surface area contributed by atoms with Gasteiger partial charge >= 0.3 is 0 Å². The highest BCUT2D eigenvalue weighted by Crippen LogP contribution is 2.56. The molecule has 0 saturated carbocycles. The second kappa shape index (κ2) is 12.3. The van der Waals surface area contributed by atoms with E-state index in [-0.39, 0.29) is 16.2 Å². The van der Waals surface area contributed by atoms with E-state index in [0.29, 0.717) is 0 Å². The Kier molecular flexibility index (Phi) is 7.36. The van der Waals surface area contributed by atoms with Crippen molar-refractivity contribution in [3.8, 4) is 55.6 Å². The van der Waals surface area contributed by atoms with Gasteiger partial charge in [-0.2, -0.15) is 0 Å². The number of rotatable bonds is 5. The van der Waals surface area contributed by atoms with Crippen LogP contribution in [0.2, 0.25) is 0 Å². The molecule has 3 aliphatic rings. The van der Waals surface area contributed by atoms with Crippen molar-refractivity contribution in [2.45, 2.75) is 57.8 Å². The van der Waals surface area contributed by atoms with Crippen LogP contribution in [0.15, 0.2) is 176 Å². The molecule has 0 saturated heterocycles. The van der Waals surface area contributed by atoms with Crippen LogP contribution in [0.25, 0.3) is 55.6 Å². The molecule has 3 aliphatic carbocycles. The molecule has 58 heavy (non-hydrogen) atoms. The summed E-state index contributed by atoms with van der Waals surface area (Å²) in [5.41, 5.74) is 24.6. The van der Waals surface area contributed by atoms with E-state index in [9.17, 15) is 0 Å². The van der Waals surface area contributed by atoms with Crippen molar-refractivity contribution in [2.24, 2.45) is 0 Å². The predicted molar refractivity (Wildman–Crippen MR) is 245 cm³/mol. The first-order valence-electron chi connectivity index (χ1n) is 20.8. The maximum atomic E-state index is 2.49. The van der Waals surface area contributed by atoms with Gasteiger partial charge in [0.1, 0.15) is 0 Å². The van der Waals surface area contributed by atoms with Crippen LogP contribution >= 0.6 is 0 Å². The molecule has 1 nitrogen and oxygen atoms in total. The number of para-hydroxylation sites is 1. The van der Waals surface area contributed by atoms with Crippen molar-refractivity contribution < 1.29 is 0 Å². The van der Waals surface area contributed by atoms with Crippen molar-refractivity contribution in [1.29, 1.82) is 0 Å². The molecule has 8 aromatic rings.